The number of phenols is 1. The van der Waals surface area contributed by atoms with Crippen LogP contribution in [0.5, 0.6) is 11.5 Å². The summed E-state index contributed by atoms with van der Waals surface area (Å²) >= 11 is 3.43. The molecular weight excluding hydrogens is 360 g/mol. The molecule has 0 unspecified atom stereocenters. The number of hydrogen-bond donors (Lipinski definition) is 2. The number of amides is 1. The van der Waals surface area contributed by atoms with E-state index in [4.69, 9.17) is 4.74 Å². The first-order chi connectivity index (χ1) is 11.0. The highest BCUT2D eigenvalue weighted by Gasteiger charge is 2.08. The number of phenolic OH excluding ortho intramolecular Hbond substituents is 1. The van der Waals surface area contributed by atoms with Crippen LogP contribution in [0.1, 0.15) is 16.7 Å². The first kappa shape index (κ1) is 17.0. The number of ether oxygens (including phenoxy) is 1. The molecule has 23 heavy (non-hydrogen) atoms. The minimum absolute atomic E-state index is 0.0981. The van der Waals surface area contributed by atoms with Crippen LogP contribution in [0.4, 0.5) is 0 Å². The lowest BCUT2D eigenvalue weighted by Crippen LogP contribution is -2.24. The molecule has 6 heteroatoms. The first-order valence-corrected chi connectivity index (χ1v) is 7.76. The Hall–Kier alpha value is -2.34. The van der Waals surface area contributed by atoms with E-state index in [-0.39, 0.29) is 18.3 Å². The summed E-state index contributed by atoms with van der Waals surface area (Å²) in [6, 6.07) is 10.6. The molecule has 2 aromatic rings. The zero-order valence-corrected chi connectivity index (χ0v) is 14.4. The number of hydrogen-bond acceptors (Lipinski definition) is 4. The fourth-order valence-electron chi connectivity index (χ4n) is 2.03. The first-order valence-electron chi connectivity index (χ1n) is 6.97. The van der Waals surface area contributed by atoms with Crippen LogP contribution < -0.4 is 10.2 Å². The van der Waals surface area contributed by atoms with Gasteiger partial charge in [-0.2, -0.15) is 5.10 Å². The predicted octanol–water partition coefficient (Wildman–Crippen LogP) is 3.30. The van der Waals surface area contributed by atoms with Crippen molar-refractivity contribution in [2.24, 2.45) is 5.10 Å². The van der Waals surface area contributed by atoms with Crippen molar-refractivity contribution in [2.75, 3.05) is 6.61 Å². The number of nitrogens with one attached hydrogen (secondary N) is 1. The second-order valence-corrected chi connectivity index (χ2v) is 5.89. The molecule has 2 aromatic carbocycles. The molecule has 0 saturated heterocycles. The smallest absolute Gasteiger partial charge is 0.277 e. The van der Waals surface area contributed by atoms with Gasteiger partial charge in [0.2, 0.25) is 0 Å². The molecule has 0 bridgehead atoms. The molecule has 0 aliphatic rings. The van der Waals surface area contributed by atoms with Crippen LogP contribution in [0.2, 0.25) is 0 Å². The Bertz CT molecular complexity index is 721. The van der Waals surface area contributed by atoms with E-state index in [1.807, 2.05) is 26.0 Å². The van der Waals surface area contributed by atoms with Crippen LogP contribution in [-0.2, 0) is 4.79 Å². The van der Waals surface area contributed by atoms with Crippen LogP contribution in [0.25, 0.3) is 0 Å². The number of carbonyl (C=O) groups excluding carboxylic acids is 1. The number of aryl methyl sites for hydroxylation is 2. The summed E-state index contributed by atoms with van der Waals surface area (Å²) in [5.41, 5.74) is 4.93. The van der Waals surface area contributed by atoms with Crippen molar-refractivity contribution >= 4 is 28.1 Å². The fourth-order valence-corrected chi connectivity index (χ4v) is 2.81. The number of carbonyl (C=O) groups is 1. The van der Waals surface area contributed by atoms with Gasteiger partial charge in [-0.25, -0.2) is 5.43 Å². The van der Waals surface area contributed by atoms with Crippen molar-refractivity contribution in [1.82, 2.24) is 5.43 Å². The summed E-state index contributed by atoms with van der Waals surface area (Å²) < 4.78 is 6.33. The third-order valence-corrected chi connectivity index (χ3v) is 3.64. The Morgan fingerprint density at radius 1 is 1.35 bits per heavy atom. The van der Waals surface area contributed by atoms with E-state index in [0.717, 1.165) is 15.6 Å². The van der Waals surface area contributed by atoms with Crippen molar-refractivity contribution < 1.29 is 14.6 Å². The minimum Gasteiger partial charge on any atom is -0.507 e. The monoisotopic (exact) mass is 376 g/mol. The standard InChI is InChI=1S/C17H17BrN2O3/c1-11-7-12(2)17(14(18)8-11)23-10-16(22)20-19-9-13-5-3-4-6-15(13)21/h3-9,21H,10H2,1-2H3,(H,20,22)/b19-9-. The summed E-state index contributed by atoms with van der Waals surface area (Å²) in [7, 11) is 0. The van der Waals surface area contributed by atoms with E-state index >= 15 is 0 Å². The topological polar surface area (TPSA) is 70.9 Å². The molecule has 2 N–H and O–H groups in total. The average Bonchev–Trinajstić information content (AvgIpc) is 2.48. The maximum Gasteiger partial charge on any atom is 0.277 e. The Morgan fingerprint density at radius 2 is 2.09 bits per heavy atom. The molecule has 2 rings (SSSR count). The molecule has 120 valence electrons. The third kappa shape index (κ3) is 4.82. The van der Waals surface area contributed by atoms with E-state index in [9.17, 15) is 9.90 Å². The zero-order chi connectivity index (χ0) is 16.8. The van der Waals surface area contributed by atoms with Crippen LogP contribution in [0, 0.1) is 13.8 Å². The zero-order valence-electron chi connectivity index (χ0n) is 12.8. The van der Waals surface area contributed by atoms with Gasteiger partial charge in [-0.15, -0.1) is 0 Å². The Morgan fingerprint density at radius 3 is 2.78 bits per heavy atom. The van der Waals surface area contributed by atoms with Crippen LogP contribution in [-0.4, -0.2) is 23.8 Å². The number of rotatable bonds is 5. The number of para-hydroxylation sites is 1. The number of nitrogens with zero attached hydrogens (tertiary/aromatic N) is 1. The second kappa shape index (κ2) is 7.78. The molecule has 0 radical (unpaired) electrons. The van der Waals surface area contributed by atoms with E-state index in [0.29, 0.717) is 11.3 Å². The highest BCUT2D eigenvalue weighted by atomic mass is 79.9. The van der Waals surface area contributed by atoms with Crippen molar-refractivity contribution in [3.05, 3.63) is 57.6 Å². The summed E-state index contributed by atoms with van der Waals surface area (Å²) in [5, 5.41) is 13.4. The number of aromatic hydroxyl groups is 1. The predicted molar refractivity (Wildman–Crippen MR) is 93.0 cm³/mol. The number of halogens is 1. The van der Waals surface area contributed by atoms with Gasteiger partial charge < -0.3 is 9.84 Å². The van der Waals surface area contributed by atoms with Gasteiger partial charge in [0.15, 0.2) is 6.61 Å². The molecule has 0 fully saturated rings. The molecule has 0 aliphatic heterocycles. The van der Waals surface area contributed by atoms with Gasteiger partial charge in [0.1, 0.15) is 11.5 Å². The molecular formula is C17H17BrN2O3. The van der Waals surface area contributed by atoms with E-state index in [1.54, 1.807) is 24.3 Å². The Kier molecular flexibility index (Phi) is 5.76. The second-order valence-electron chi connectivity index (χ2n) is 5.03. The molecule has 0 heterocycles. The van der Waals surface area contributed by atoms with Gasteiger partial charge in [-0.3, -0.25) is 4.79 Å². The molecule has 1 amide bonds. The van der Waals surface area contributed by atoms with Gasteiger partial charge >= 0.3 is 0 Å². The Balaban J connectivity index is 1.90. The third-order valence-electron chi connectivity index (χ3n) is 3.05. The summed E-state index contributed by atoms with van der Waals surface area (Å²) in [4.78, 5) is 11.8. The molecule has 0 spiro atoms. The molecule has 0 aliphatic carbocycles. The number of benzene rings is 2. The van der Waals surface area contributed by atoms with Crippen LogP contribution >= 0.6 is 15.9 Å². The van der Waals surface area contributed by atoms with Gasteiger partial charge in [-0.1, -0.05) is 18.2 Å². The lowest BCUT2D eigenvalue weighted by atomic mass is 10.1. The maximum atomic E-state index is 11.8. The maximum absolute atomic E-state index is 11.8. The van der Waals surface area contributed by atoms with Crippen molar-refractivity contribution in [2.45, 2.75) is 13.8 Å². The lowest BCUT2D eigenvalue weighted by molar-refractivity contribution is -0.123. The SMILES string of the molecule is Cc1cc(C)c(OCC(=O)N/N=C\c2ccccc2O)c(Br)c1. The van der Waals surface area contributed by atoms with Crippen LogP contribution in [0.15, 0.2) is 46.0 Å². The van der Waals surface area contributed by atoms with Gasteiger partial charge in [0, 0.05) is 5.56 Å². The molecule has 0 aromatic heterocycles. The van der Waals surface area contributed by atoms with E-state index in [2.05, 4.69) is 26.5 Å². The number of hydrazone groups is 1. The fraction of sp³-hybridized carbons (Fsp3) is 0.176. The molecule has 0 saturated carbocycles. The highest BCUT2D eigenvalue weighted by Crippen LogP contribution is 2.30. The van der Waals surface area contributed by atoms with E-state index < -0.39 is 0 Å². The van der Waals surface area contributed by atoms with Crippen molar-refractivity contribution in [1.29, 1.82) is 0 Å². The Labute approximate surface area is 143 Å². The van der Waals surface area contributed by atoms with E-state index in [1.165, 1.54) is 6.21 Å². The summed E-state index contributed by atoms with van der Waals surface area (Å²) in [6.07, 6.45) is 1.38. The quantitative estimate of drug-likeness (QED) is 0.621. The normalized spacial score (nSPS) is 10.7. The van der Waals surface area contributed by atoms with Crippen molar-refractivity contribution in [3.63, 3.8) is 0 Å². The largest absolute Gasteiger partial charge is 0.507 e. The minimum atomic E-state index is -0.386. The van der Waals surface area contributed by atoms with Gasteiger partial charge in [0.05, 0.1) is 10.7 Å². The molecule has 0 atom stereocenters. The highest BCUT2D eigenvalue weighted by molar-refractivity contribution is 9.10. The average molecular weight is 377 g/mol. The van der Waals surface area contributed by atoms with Crippen LogP contribution in [0.3, 0.4) is 0 Å². The summed E-state index contributed by atoms with van der Waals surface area (Å²) in [6.45, 7) is 3.75. The van der Waals surface area contributed by atoms with Gasteiger partial charge in [0.25, 0.3) is 5.91 Å². The summed E-state index contributed by atoms with van der Waals surface area (Å²) in [5.74, 6) is 0.347. The van der Waals surface area contributed by atoms with Gasteiger partial charge in [-0.05, 0) is 59.1 Å². The lowest BCUT2D eigenvalue weighted by Gasteiger charge is -2.11. The molecule has 5 nitrogen and oxygen atoms in total. The van der Waals surface area contributed by atoms with Crippen molar-refractivity contribution in [3.8, 4) is 11.5 Å².